The Labute approximate surface area is 121 Å². The van der Waals surface area contributed by atoms with Crippen molar-refractivity contribution < 1.29 is 14.6 Å². The van der Waals surface area contributed by atoms with Crippen LogP contribution < -0.4 is 4.74 Å². The number of nitrogens with zero attached hydrogens (tertiary/aromatic N) is 1. The molecule has 0 aliphatic heterocycles. The summed E-state index contributed by atoms with van der Waals surface area (Å²) in [5.41, 5.74) is 1.05. The second-order valence-corrected chi connectivity index (χ2v) is 5.19. The molecule has 0 aliphatic rings. The Bertz CT molecular complexity index is 628. The Morgan fingerprint density at radius 1 is 1.40 bits per heavy atom. The van der Waals surface area contributed by atoms with Gasteiger partial charge in [0.05, 0.1) is 12.2 Å². The SMILES string of the molecule is CCOc1cccnc1Sc1ccc(C)c(C(=O)O)c1. The Kier molecular flexibility index (Phi) is 4.63. The van der Waals surface area contributed by atoms with Crippen molar-refractivity contribution in [2.75, 3.05) is 6.61 Å². The fraction of sp³-hybridized carbons (Fsp3) is 0.200. The van der Waals surface area contributed by atoms with Crippen LogP contribution in [0.25, 0.3) is 0 Å². The van der Waals surface area contributed by atoms with E-state index in [9.17, 15) is 4.79 Å². The summed E-state index contributed by atoms with van der Waals surface area (Å²) in [6.45, 7) is 4.26. The molecule has 0 unspecified atom stereocenters. The number of hydrogen-bond donors (Lipinski definition) is 1. The molecule has 0 saturated carbocycles. The number of carboxylic acids is 1. The van der Waals surface area contributed by atoms with E-state index >= 15 is 0 Å². The third-order valence-corrected chi connectivity index (χ3v) is 3.68. The van der Waals surface area contributed by atoms with Crippen molar-refractivity contribution >= 4 is 17.7 Å². The normalized spacial score (nSPS) is 10.3. The van der Waals surface area contributed by atoms with Crippen molar-refractivity contribution in [1.29, 1.82) is 0 Å². The van der Waals surface area contributed by atoms with Crippen LogP contribution in [0.2, 0.25) is 0 Å². The molecule has 5 heteroatoms. The van der Waals surface area contributed by atoms with Crippen LogP contribution in [-0.4, -0.2) is 22.7 Å². The van der Waals surface area contributed by atoms with Crippen molar-refractivity contribution in [2.45, 2.75) is 23.8 Å². The molecule has 2 rings (SSSR count). The molecule has 0 radical (unpaired) electrons. The van der Waals surface area contributed by atoms with Crippen molar-refractivity contribution in [1.82, 2.24) is 4.98 Å². The number of pyridine rings is 1. The average Bonchev–Trinajstić information content (AvgIpc) is 2.43. The van der Waals surface area contributed by atoms with E-state index in [2.05, 4.69) is 4.98 Å². The summed E-state index contributed by atoms with van der Waals surface area (Å²) in [7, 11) is 0. The van der Waals surface area contributed by atoms with Gasteiger partial charge in [0.15, 0.2) is 5.75 Å². The minimum atomic E-state index is -0.920. The van der Waals surface area contributed by atoms with E-state index in [1.807, 2.05) is 25.1 Å². The van der Waals surface area contributed by atoms with E-state index in [0.29, 0.717) is 17.9 Å². The molecular weight excluding hydrogens is 274 g/mol. The Balaban J connectivity index is 2.31. The fourth-order valence-corrected chi connectivity index (χ4v) is 2.60. The monoisotopic (exact) mass is 289 g/mol. The summed E-state index contributed by atoms with van der Waals surface area (Å²) in [5.74, 6) is -0.214. The molecule has 0 fully saturated rings. The number of carboxylic acid groups (broad SMARTS) is 1. The Morgan fingerprint density at radius 3 is 2.90 bits per heavy atom. The minimum absolute atomic E-state index is 0.309. The summed E-state index contributed by atoms with van der Waals surface area (Å²) in [6.07, 6.45) is 1.69. The van der Waals surface area contributed by atoms with E-state index in [1.54, 1.807) is 25.3 Å². The lowest BCUT2D eigenvalue weighted by atomic mass is 10.1. The van der Waals surface area contributed by atoms with Gasteiger partial charge in [0.25, 0.3) is 0 Å². The van der Waals surface area contributed by atoms with Crippen LogP contribution in [0.4, 0.5) is 0 Å². The highest BCUT2D eigenvalue weighted by atomic mass is 32.2. The number of aromatic nitrogens is 1. The Hall–Kier alpha value is -2.01. The second-order valence-electron chi connectivity index (χ2n) is 4.12. The van der Waals surface area contributed by atoms with Gasteiger partial charge in [0.1, 0.15) is 5.03 Å². The van der Waals surface area contributed by atoms with Gasteiger partial charge in [-0.3, -0.25) is 0 Å². The predicted molar refractivity (Wildman–Crippen MR) is 77.7 cm³/mol. The van der Waals surface area contributed by atoms with Gasteiger partial charge >= 0.3 is 5.97 Å². The lowest BCUT2D eigenvalue weighted by Gasteiger charge is -2.09. The first-order chi connectivity index (χ1) is 9.61. The van der Waals surface area contributed by atoms with Crippen molar-refractivity contribution in [3.05, 3.63) is 47.7 Å². The maximum Gasteiger partial charge on any atom is 0.335 e. The number of ether oxygens (including phenoxy) is 1. The first-order valence-corrected chi connectivity index (χ1v) is 7.03. The molecule has 0 amide bonds. The fourth-order valence-electron chi connectivity index (χ4n) is 1.72. The van der Waals surface area contributed by atoms with Gasteiger partial charge in [-0.25, -0.2) is 9.78 Å². The highest BCUT2D eigenvalue weighted by Crippen LogP contribution is 2.33. The molecule has 1 aromatic carbocycles. The molecule has 1 aromatic heterocycles. The quantitative estimate of drug-likeness (QED) is 0.910. The van der Waals surface area contributed by atoms with E-state index in [1.165, 1.54) is 11.8 Å². The van der Waals surface area contributed by atoms with Crippen LogP contribution in [0.3, 0.4) is 0 Å². The molecule has 0 aliphatic carbocycles. The predicted octanol–water partition coefficient (Wildman–Crippen LogP) is 3.64. The van der Waals surface area contributed by atoms with Crippen LogP contribution in [0, 0.1) is 6.92 Å². The first kappa shape index (κ1) is 14.4. The maximum atomic E-state index is 11.1. The molecule has 0 atom stereocenters. The lowest BCUT2D eigenvalue weighted by Crippen LogP contribution is -1.99. The van der Waals surface area contributed by atoms with Gasteiger partial charge in [-0.1, -0.05) is 17.8 Å². The van der Waals surface area contributed by atoms with Gasteiger partial charge in [-0.15, -0.1) is 0 Å². The maximum absolute atomic E-state index is 11.1. The van der Waals surface area contributed by atoms with E-state index in [4.69, 9.17) is 9.84 Å². The molecule has 2 aromatic rings. The van der Waals surface area contributed by atoms with Crippen molar-refractivity contribution in [2.24, 2.45) is 0 Å². The number of hydrogen-bond acceptors (Lipinski definition) is 4. The van der Waals surface area contributed by atoms with Gasteiger partial charge in [-0.2, -0.15) is 0 Å². The molecule has 1 N–H and O–H groups in total. The molecule has 20 heavy (non-hydrogen) atoms. The number of aromatic carboxylic acids is 1. The van der Waals surface area contributed by atoms with Gasteiger partial charge in [0.2, 0.25) is 0 Å². The zero-order valence-electron chi connectivity index (χ0n) is 11.3. The number of rotatable bonds is 5. The van der Waals surface area contributed by atoms with E-state index < -0.39 is 5.97 Å². The third kappa shape index (κ3) is 3.30. The smallest absolute Gasteiger partial charge is 0.335 e. The third-order valence-electron chi connectivity index (χ3n) is 2.69. The van der Waals surface area contributed by atoms with Crippen LogP contribution in [-0.2, 0) is 0 Å². The summed E-state index contributed by atoms with van der Waals surface area (Å²) < 4.78 is 5.51. The first-order valence-electron chi connectivity index (χ1n) is 6.21. The summed E-state index contributed by atoms with van der Waals surface area (Å²) in [4.78, 5) is 16.3. The molecule has 0 saturated heterocycles. The number of aryl methyl sites for hydroxylation is 1. The zero-order chi connectivity index (χ0) is 14.5. The minimum Gasteiger partial charge on any atom is -0.491 e. The highest BCUT2D eigenvalue weighted by Gasteiger charge is 2.11. The molecule has 1 heterocycles. The molecule has 0 spiro atoms. The summed E-state index contributed by atoms with van der Waals surface area (Å²) in [6, 6.07) is 9.01. The summed E-state index contributed by atoms with van der Waals surface area (Å²) >= 11 is 1.39. The largest absolute Gasteiger partial charge is 0.491 e. The van der Waals surface area contributed by atoms with Crippen LogP contribution in [0.15, 0.2) is 46.5 Å². The van der Waals surface area contributed by atoms with Crippen LogP contribution in [0.1, 0.15) is 22.8 Å². The standard InChI is InChI=1S/C15H15NO3S/c1-3-19-13-5-4-8-16-14(13)20-11-7-6-10(2)12(9-11)15(17)18/h4-9H,3H2,1-2H3,(H,17,18). The molecule has 104 valence electrons. The lowest BCUT2D eigenvalue weighted by molar-refractivity contribution is 0.0696. The van der Waals surface area contributed by atoms with Gasteiger partial charge in [0, 0.05) is 11.1 Å². The van der Waals surface area contributed by atoms with Gasteiger partial charge in [-0.05, 0) is 43.7 Å². The molecular formula is C15H15NO3S. The number of carbonyl (C=O) groups is 1. The average molecular weight is 289 g/mol. The van der Waals surface area contributed by atoms with E-state index in [-0.39, 0.29) is 0 Å². The topological polar surface area (TPSA) is 59.4 Å². The zero-order valence-corrected chi connectivity index (χ0v) is 12.1. The van der Waals surface area contributed by atoms with E-state index in [0.717, 1.165) is 15.5 Å². The molecule has 4 nitrogen and oxygen atoms in total. The summed E-state index contributed by atoms with van der Waals surface area (Å²) in [5, 5.41) is 9.88. The van der Waals surface area contributed by atoms with Crippen LogP contribution in [0.5, 0.6) is 5.75 Å². The van der Waals surface area contributed by atoms with Crippen molar-refractivity contribution in [3.63, 3.8) is 0 Å². The van der Waals surface area contributed by atoms with Crippen molar-refractivity contribution in [3.8, 4) is 5.75 Å². The molecule has 0 bridgehead atoms. The van der Waals surface area contributed by atoms with Crippen LogP contribution >= 0.6 is 11.8 Å². The number of benzene rings is 1. The highest BCUT2D eigenvalue weighted by molar-refractivity contribution is 7.99. The Morgan fingerprint density at radius 2 is 2.20 bits per heavy atom. The second kappa shape index (κ2) is 6.43. The van der Waals surface area contributed by atoms with Gasteiger partial charge < -0.3 is 9.84 Å².